The van der Waals surface area contributed by atoms with Gasteiger partial charge in [-0.05, 0) is 66.3 Å². The van der Waals surface area contributed by atoms with Gasteiger partial charge in [0, 0.05) is 16.5 Å². The fourth-order valence-corrected chi connectivity index (χ4v) is 3.92. The third kappa shape index (κ3) is 2.63. The molecule has 136 valence electrons. The summed E-state index contributed by atoms with van der Waals surface area (Å²) in [6.07, 6.45) is 3.45. The van der Waals surface area contributed by atoms with Crippen molar-refractivity contribution in [1.82, 2.24) is 0 Å². The number of hydrogen-bond donors (Lipinski definition) is 1. The Morgan fingerprint density at radius 1 is 1.00 bits per heavy atom. The van der Waals surface area contributed by atoms with E-state index in [1.807, 2.05) is 19.9 Å². The van der Waals surface area contributed by atoms with Crippen LogP contribution in [0, 0.1) is 0 Å². The minimum Gasteiger partial charge on any atom is -0.493 e. The van der Waals surface area contributed by atoms with Gasteiger partial charge in [0.05, 0.1) is 23.4 Å². The molecule has 0 bridgehead atoms. The topological polar surface area (TPSA) is 47.9 Å². The predicted molar refractivity (Wildman–Crippen MR) is 98.4 cm³/mol. The van der Waals surface area contributed by atoms with E-state index in [-0.39, 0.29) is 16.6 Å². The Balaban J connectivity index is 1.83. The van der Waals surface area contributed by atoms with E-state index in [2.05, 4.69) is 33.8 Å². The molecular weight excluding hydrogens is 315 g/mol. The van der Waals surface area contributed by atoms with Gasteiger partial charge >= 0.3 is 7.12 Å². The van der Waals surface area contributed by atoms with Crippen LogP contribution in [-0.4, -0.2) is 30.0 Å². The largest absolute Gasteiger partial charge is 0.494 e. The summed E-state index contributed by atoms with van der Waals surface area (Å²) in [5.41, 5.74) is 1.53. The summed E-state index contributed by atoms with van der Waals surface area (Å²) in [6, 6.07) is 4.20. The Morgan fingerprint density at radius 3 is 2.12 bits per heavy atom. The molecule has 4 nitrogen and oxygen atoms in total. The van der Waals surface area contributed by atoms with Gasteiger partial charge in [-0.3, -0.25) is 0 Å². The van der Waals surface area contributed by atoms with E-state index in [9.17, 15) is 5.11 Å². The van der Waals surface area contributed by atoms with Gasteiger partial charge < -0.3 is 19.2 Å². The van der Waals surface area contributed by atoms with Crippen molar-refractivity contribution < 1.29 is 19.2 Å². The highest BCUT2D eigenvalue weighted by Crippen LogP contribution is 2.57. The normalized spacial score (nSPS) is 25.6. The van der Waals surface area contributed by atoms with Crippen molar-refractivity contribution in [3.8, 4) is 5.75 Å². The molecule has 1 saturated carbocycles. The van der Waals surface area contributed by atoms with Crippen LogP contribution < -0.4 is 10.2 Å². The highest BCUT2D eigenvalue weighted by atomic mass is 16.7. The number of ether oxygens (including phenoxy) is 1. The SMILES string of the molecule is CC(C)(O)c1cc(B2OC(C)(C)C(C)(C)O2)cc2c1OCCC21CC1. The van der Waals surface area contributed by atoms with Crippen LogP contribution in [-0.2, 0) is 20.3 Å². The van der Waals surface area contributed by atoms with Crippen molar-refractivity contribution in [1.29, 1.82) is 0 Å². The first kappa shape index (κ1) is 17.4. The molecule has 2 heterocycles. The zero-order valence-corrected chi connectivity index (χ0v) is 16.2. The number of fused-ring (bicyclic) bond motifs is 2. The smallest absolute Gasteiger partial charge is 0.493 e. The van der Waals surface area contributed by atoms with Crippen molar-refractivity contribution >= 4 is 12.6 Å². The summed E-state index contributed by atoms with van der Waals surface area (Å²) < 4.78 is 18.5. The maximum Gasteiger partial charge on any atom is 0.494 e. The second-order valence-corrected chi connectivity index (χ2v) is 9.47. The quantitative estimate of drug-likeness (QED) is 0.838. The molecule has 1 spiro atoms. The fraction of sp³-hybridized carbons (Fsp3) is 0.700. The van der Waals surface area contributed by atoms with Crippen molar-refractivity contribution in [2.24, 2.45) is 0 Å². The number of rotatable bonds is 2. The lowest BCUT2D eigenvalue weighted by molar-refractivity contribution is 0.00578. The molecule has 1 aromatic carbocycles. The predicted octanol–water partition coefficient (Wildman–Crippen LogP) is 3.03. The highest BCUT2D eigenvalue weighted by molar-refractivity contribution is 6.62. The standard InChI is InChI=1S/C20H29BO4/c1-17(2,22)14-11-13(21-24-18(3,4)19(5,6)25-21)12-15-16(14)23-10-9-20(15)7-8-20/h11-12,22H,7-10H2,1-6H3. The van der Waals surface area contributed by atoms with Crippen LogP contribution in [0.5, 0.6) is 5.75 Å². The van der Waals surface area contributed by atoms with E-state index >= 15 is 0 Å². The fourth-order valence-electron chi connectivity index (χ4n) is 3.92. The Hall–Kier alpha value is -1.04. The second kappa shape index (κ2) is 5.02. The van der Waals surface area contributed by atoms with Crippen LogP contribution in [0.3, 0.4) is 0 Å². The van der Waals surface area contributed by atoms with Gasteiger partial charge in [-0.25, -0.2) is 0 Å². The molecule has 1 aromatic rings. The Bertz CT molecular complexity index is 680. The molecule has 1 saturated heterocycles. The summed E-state index contributed by atoms with van der Waals surface area (Å²) in [4.78, 5) is 0. The molecule has 1 N–H and O–H groups in total. The maximum atomic E-state index is 10.7. The van der Waals surface area contributed by atoms with Crippen LogP contribution in [0.2, 0.25) is 0 Å². The van der Waals surface area contributed by atoms with Gasteiger partial charge in [0.25, 0.3) is 0 Å². The van der Waals surface area contributed by atoms with Crippen LogP contribution in [0.15, 0.2) is 12.1 Å². The average molecular weight is 344 g/mol. The molecule has 25 heavy (non-hydrogen) atoms. The zero-order chi connectivity index (χ0) is 18.3. The summed E-state index contributed by atoms with van der Waals surface area (Å²) in [5.74, 6) is 0.872. The van der Waals surface area contributed by atoms with Crippen molar-refractivity contribution in [3.63, 3.8) is 0 Å². The molecule has 0 unspecified atom stereocenters. The first-order valence-corrected chi connectivity index (χ1v) is 9.35. The Morgan fingerprint density at radius 2 is 1.60 bits per heavy atom. The first-order valence-electron chi connectivity index (χ1n) is 9.35. The van der Waals surface area contributed by atoms with Crippen LogP contribution in [0.25, 0.3) is 0 Å². The summed E-state index contributed by atoms with van der Waals surface area (Å²) in [6.45, 7) is 12.6. The molecule has 0 radical (unpaired) electrons. The van der Waals surface area contributed by atoms with Crippen LogP contribution >= 0.6 is 0 Å². The molecule has 0 atom stereocenters. The van der Waals surface area contributed by atoms with E-state index in [0.717, 1.165) is 29.8 Å². The third-order valence-electron chi connectivity index (χ3n) is 6.55. The summed E-state index contributed by atoms with van der Waals surface area (Å²) in [5, 5.41) is 10.7. The lowest BCUT2D eigenvalue weighted by Gasteiger charge is -2.32. The minimum absolute atomic E-state index is 0.229. The first-order chi connectivity index (χ1) is 11.5. The average Bonchev–Trinajstić information content (AvgIpc) is 3.20. The number of benzene rings is 1. The lowest BCUT2D eigenvalue weighted by atomic mass is 9.73. The van der Waals surface area contributed by atoms with Gasteiger partial charge in [-0.1, -0.05) is 12.1 Å². The molecular formula is C20H29BO4. The van der Waals surface area contributed by atoms with Gasteiger partial charge in [0.2, 0.25) is 0 Å². The molecule has 0 amide bonds. The van der Waals surface area contributed by atoms with E-state index < -0.39 is 12.7 Å². The molecule has 2 fully saturated rings. The van der Waals surface area contributed by atoms with Gasteiger partial charge in [-0.15, -0.1) is 0 Å². The maximum absolute atomic E-state index is 10.7. The van der Waals surface area contributed by atoms with Crippen molar-refractivity contribution in [2.75, 3.05) is 6.61 Å². The summed E-state index contributed by atoms with van der Waals surface area (Å²) >= 11 is 0. The van der Waals surface area contributed by atoms with E-state index in [0.29, 0.717) is 0 Å². The van der Waals surface area contributed by atoms with Crippen molar-refractivity contribution in [2.45, 2.75) is 83.0 Å². The van der Waals surface area contributed by atoms with Crippen molar-refractivity contribution in [3.05, 3.63) is 23.3 Å². The van der Waals surface area contributed by atoms with Crippen LogP contribution in [0.4, 0.5) is 0 Å². The Labute approximate surface area is 151 Å². The number of hydrogen-bond acceptors (Lipinski definition) is 4. The lowest BCUT2D eigenvalue weighted by Crippen LogP contribution is -2.41. The summed E-state index contributed by atoms with van der Waals surface area (Å²) in [7, 11) is -0.422. The molecule has 1 aliphatic carbocycles. The van der Waals surface area contributed by atoms with E-state index in [1.165, 1.54) is 18.4 Å². The molecule has 2 aliphatic heterocycles. The Kier molecular flexibility index (Phi) is 3.49. The van der Waals surface area contributed by atoms with Gasteiger partial charge in [-0.2, -0.15) is 0 Å². The molecule has 0 aromatic heterocycles. The molecule has 5 heteroatoms. The number of aliphatic hydroxyl groups is 1. The molecule has 4 rings (SSSR count). The third-order valence-corrected chi connectivity index (χ3v) is 6.55. The van der Waals surface area contributed by atoms with Gasteiger partial charge in [0.15, 0.2) is 0 Å². The van der Waals surface area contributed by atoms with Crippen LogP contribution in [0.1, 0.15) is 71.9 Å². The minimum atomic E-state index is -0.975. The second-order valence-electron chi connectivity index (χ2n) is 9.47. The zero-order valence-electron chi connectivity index (χ0n) is 16.2. The van der Waals surface area contributed by atoms with E-state index in [1.54, 1.807) is 0 Å². The monoisotopic (exact) mass is 344 g/mol. The van der Waals surface area contributed by atoms with E-state index in [4.69, 9.17) is 14.0 Å². The highest BCUT2D eigenvalue weighted by Gasteiger charge is 2.54. The molecule has 3 aliphatic rings. The van der Waals surface area contributed by atoms with Gasteiger partial charge in [0.1, 0.15) is 5.75 Å².